The predicted molar refractivity (Wildman–Crippen MR) is 136 cm³/mol. The highest BCUT2D eigenvalue weighted by Gasteiger charge is 2.36. The minimum Gasteiger partial charge on any atom is -0.338 e. The fraction of sp³-hybridized carbons (Fsp3) is 0.963. The Hall–Kier alpha value is -0.770. The third-order valence-corrected chi connectivity index (χ3v) is 7.26. The van der Waals surface area contributed by atoms with Gasteiger partial charge in [0.05, 0.1) is 0 Å². The van der Waals surface area contributed by atoms with Crippen molar-refractivity contribution in [2.45, 2.75) is 130 Å². The van der Waals surface area contributed by atoms with E-state index < -0.39 is 0 Å². The molecule has 0 aromatic rings. The first-order chi connectivity index (χ1) is 14.9. The maximum Gasteiger partial charge on any atom is 0.315 e. The van der Waals surface area contributed by atoms with Gasteiger partial charge >= 0.3 is 6.03 Å². The molecule has 4 atom stereocenters. The summed E-state index contributed by atoms with van der Waals surface area (Å²) in [6.45, 7) is 11.2. The topological polar surface area (TPSA) is 53.2 Å². The van der Waals surface area contributed by atoms with E-state index >= 15 is 0 Å². The molecule has 0 saturated heterocycles. The minimum absolute atomic E-state index is 0.0390. The van der Waals surface area contributed by atoms with Crippen molar-refractivity contribution in [1.82, 2.24) is 16.0 Å². The molecule has 0 spiro atoms. The number of carbonyl (C=O) groups excluding carboxylic acids is 1. The van der Waals surface area contributed by atoms with Crippen LogP contribution in [0.15, 0.2) is 0 Å². The molecule has 4 nitrogen and oxygen atoms in total. The summed E-state index contributed by atoms with van der Waals surface area (Å²) in [6.07, 6.45) is 19.3. The van der Waals surface area contributed by atoms with Crippen LogP contribution in [-0.4, -0.2) is 31.7 Å². The van der Waals surface area contributed by atoms with Crippen molar-refractivity contribution in [2.24, 2.45) is 17.8 Å². The van der Waals surface area contributed by atoms with E-state index in [0.29, 0.717) is 5.92 Å². The second-order valence-electron chi connectivity index (χ2n) is 10.9. The molecule has 0 aliphatic heterocycles. The summed E-state index contributed by atoms with van der Waals surface area (Å²) >= 11 is 0. The quantitative estimate of drug-likeness (QED) is 0.214. The summed E-state index contributed by atoms with van der Waals surface area (Å²) in [5.41, 5.74) is -0.0487. The zero-order chi connectivity index (χ0) is 23.0. The van der Waals surface area contributed by atoms with Gasteiger partial charge in [0, 0.05) is 12.1 Å². The fourth-order valence-corrected chi connectivity index (χ4v) is 5.60. The first-order valence-corrected chi connectivity index (χ1v) is 13.6. The minimum atomic E-state index is -0.0487. The smallest absolute Gasteiger partial charge is 0.315 e. The normalized spacial score (nSPS) is 24.7. The van der Waals surface area contributed by atoms with E-state index in [9.17, 15) is 4.79 Å². The Kier molecular flexibility index (Phi) is 15.3. The van der Waals surface area contributed by atoms with Gasteiger partial charge in [-0.1, -0.05) is 78.6 Å². The number of hydrogen-bond acceptors (Lipinski definition) is 2. The molecule has 0 aromatic heterocycles. The highest BCUT2D eigenvalue weighted by molar-refractivity contribution is 5.74. The van der Waals surface area contributed by atoms with E-state index in [1.807, 2.05) is 7.05 Å². The molecule has 4 unspecified atom stereocenters. The standard InChI is InChI=1S/C27H55N3O/c1-6-23(2)19-25-20-24(3)21-27(4,22-25)30-26(31)29-18-16-14-12-10-8-7-9-11-13-15-17-28-5/h23-25,28H,6-22H2,1-5H3,(H2,29,30,31). The molecule has 31 heavy (non-hydrogen) atoms. The van der Waals surface area contributed by atoms with E-state index in [2.05, 4.69) is 43.6 Å². The number of hydrogen-bond donors (Lipinski definition) is 3. The molecule has 1 fully saturated rings. The molecule has 184 valence electrons. The number of carbonyl (C=O) groups is 1. The lowest BCUT2D eigenvalue weighted by atomic mass is 9.69. The van der Waals surface area contributed by atoms with Crippen LogP contribution in [0.1, 0.15) is 124 Å². The van der Waals surface area contributed by atoms with Gasteiger partial charge in [-0.25, -0.2) is 4.79 Å². The van der Waals surface area contributed by atoms with Crippen molar-refractivity contribution >= 4 is 6.03 Å². The van der Waals surface area contributed by atoms with Crippen LogP contribution in [0, 0.1) is 17.8 Å². The average molecular weight is 438 g/mol. The zero-order valence-electron chi connectivity index (χ0n) is 21.7. The molecule has 0 bridgehead atoms. The van der Waals surface area contributed by atoms with E-state index in [4.69, 9.17) is 0 Å². The lowest BCUT2D eigenvalue weighted by Crippen LogP contribution is -2.54. The molecular formula is C27H55N3O. The molecule has 0 radical (unpaired) electrons. The lowest BCUT2D eigenvalue weighted by Gasteiger charge is -2.42. The summed E-state index contributed by atoms with van der Waals surface area (Å²) in [4.78, 5) is 12.5. The summed E-state index contributed by atoms with van der Waals surface area (Å²) in [6, 6.07) is 0.0390. The van der Waals surface area contributed by atoms with Gasteiger partial charge in [-0.3, -0.25) is 0 Å². The number of amides is 2. The van der Waals surface area contributed by atoms with Crippen molar-refractivity contribution in [3.8, 4) is 0 Å². The Morgan fingerprint density at radius 3 is 2.03 bits per heavy atom. The van der Waals surface area contributed by atoms with Gasteiger partial charge in [0.1, 0.15) is 0 Å². The molecule has 3 N–H and O–H groups in total. The van der Waals surface area contributed by atoms with Crippen LogP contribution in [0.2, 0.25) is 0 Å². The van der Waals surface area contributed by atoms with E-state index in [1.165, 1.54) is 77.0 Å². The summed E-state index contributed by atoms with van der Waals surface area (Å²) in [5.74, 6) is 2.23. The Labute approximate surface area is 194 Å². The second kappa shape index (κ2) is 16.8. The van der Waals surface area contributed by atoms with Gasteiger partial charge in [-0.2, -0.15) is 0 Å². The van der Waals surface area contributed by atoms with E-state index in [1.54, 1.807) is 0 Å². The summed E-state index contributed by atoms with van der Waals surface area (Å²) < 4.78 is 0. The van der Waals surface area contributed by atoms with Gasteiger partial charge in [-0.05, 0) is 76.8 Å². The van der Waals surface area contributed by atoms with Crippen LogP contribution >= 0.6 is 0 Å². The highest BCUT2D eigenvalue weighted by atomic mass is 16.2. The maximum atomic E-state index is 12.5. The Morgan fingerprint density at radius 1 is 0.935 bits per heavy atom. The van der Waals surface area contributed by atoms with Crippen molar-refractivity contribution in [3.63, 3.8) is 0 Å². The van der Waals surface area contributed by atoms with E-state index in [0.717, 1.165) is 44.2 Å². The van der Waals surface area contributed by atoms with Crippen molar-refractivity contribution in [2.75, 3.05) is 20.1 Å². The van der Waals surface area contributed by atoms with Crippen LogP contribution in [0.25, 0.3) is 0 Å². The van der Waals surface area contributed by atoms with Crippen LogP contribution in [-0.2, 0) is 0 Å². The molecule has 0 heterocycles. The largest absolute Gasteiger partial charge is 0.338 e. The second-order valence-corrected chi connectivity index (χ2v) is 10.9. The Morgan fingerprint density at radius 2 is 1.48 bits per heavy atom. The first kappa shape index (κ1) is 28.3. The van der Waals surface area contributed by atoms with Gasteiger partial charge in [-0.15, -0.1) is 0 Å². The summed E-state index contributed by atoms with van der Waals surface area (Å²) in [5, 5.41) is 9.67. The molecule has 1 saturated carbocycles. The first-order valence-electron chi connectivity index (χ1n) is 13.6. The fourth-order valence-electron chi connectivity index (χ4n) is 5.60. The molecule has 2 amide bonds. The zero-order valence-corrected chi connectivity index (χ0v) is 21.7. The molecule has 0 aromatic carbocycles. The lowest BCUT2D eigenvalue weighted by molar-refractivity contribution is 0.137. The van der Waals surface area contributed by atoms with Crippen LogP contribution in [0.3, 0.4) is 0 Å². The van der Waals surface area contributed by atoms with Crippen molar-refractivity contribution in [3.05, 3.63) is 0 Å². The predicted octanol–water partition coefficient (Wildman–Crippen LogP) is 7.04. The highest BCUT2D eigenvalue weighted by Crippen LogP contribution is 2.39. The number of rotatable bonds is 17. The maximum absolute atomic E-state index is 12.5. The summed E-state index contributed by atoms with van der Waals surface area (Å²) in [7, 11) is 2.03. The molecule has 1 aliphatic rings. The van der Waals surface area contributed by atoms with E-state index in [-0.39, 0.29) is 11.6 Å². The van der Waals surface area contributed by atoms with Crippen LogP contribution < -0.4 is 16.0 Å². The Bertz CT molecular complexity index is 456. The molecule has 1 aliphatic carbocycles. The Balaban J connectivity index is 2.07. The van der Waals surface area contributed by atoms with Gasteiger partial charge < -0.3 is 16.0 Å². The van der Waals surface area contributed by atoms with Crippen LogP contribution in [0.4, 0.5) is 4.79 Å². The third kappa shape index (κ3) is 14.1. The van der Waals surface area contributed by atoms with Crippen molar-refractivity contribution in [1.29, 1.82) is 0 Å². The van der Waals surface area contributed by atoms with Gasteiger partial charge in [0.2, 0.25) is 0 Å². The van der Waals surface area contributed by atoms with Gasteiger partial charge in [0.15, 0.2) is 0 Å². The average Bonchev–Trinajstić information content (AvgIpc) is 2.70. The number of urea groups is 1. The molecule has 4 heteroatoms. The number of unbranched alkanes of at least 4 members (excludes halogenated alkanes) is 9. The van der Waals surface area contributed by atoms with Crippen LogP contribution in [0.5, 0.6) is 0 Å². The monoisotopic (exact) mass is 437 g/mol. The molecule has 1 rings (SSSR count). The van der Waals surface area contributed by atoms with Gasteiger partial charge in [0.25, 0.3) is 0 Å². The number of nitrogens with one attached hydrogen (secondary N) is 3. The SMILES string of the molecule is CCC(C)CC1CC(C)CC(C)(NC(=O)NCCCCCCCCCCCCNC)C1. The molecular weight excluding hydrogens is 382 g/mol. The van der Waals surface area contributed by atoms with Crippen molar-refractivity contribution < 1.29 is 4.79 Å². The third-order valence-electron chi connectivity index (χ3n) is 7.26.